The smallest absolute Gasteiger partial charge is 0.305 e. The summed E-state index contributed by atoms with van der Waals surface area (Å²) in [7, 11) is 0. The summed E-state index contributed by atoms with van der Waals surface area (Å²) in [6, 6.07) is 0. The maximum Gasteiger partial charge on any atom is 0.305 e. The van der Waals surface area contributed by atoms with E-state index in [4.69, 9.17) is 37.9 Å². The van der Waals surface area contributed by atoms with Gasteiger partial charge in [-0.05, 0) is 45.4 Å². The molecule has 10 heteroatoms. The first-order valence-electron chi connectivity index (χ1n) is 22.9. The predicted molar refractivity (Wildman–Crippen MR) is 223 cm³/mol. The van der Waals surface area contributed by atoms with E-state index in [1.807, 2.05) is 6.92 Å². The van der Waals surface area contributed by atoms with Gasteiger partial charge in [-0.3, -0.25) is 9.59 Å². The summed E-state index contributed by atoms with van der Waals surface area (Å²) in [6.07, 6.45) is 28.2. The molecule has 0 rings (SSSR count). The lowest BCUT2D eigenvalue weighted by Gasteiger charge is -2.18. The van der Waals surface area contributed by atoms with Gasteiger partial charge in [0.15, 0.2) is 0 Å². The molecule has 1 unspecified atom stereocenters. The van der Waals surface area contributed by atoms with E-state index in [1.54, 1.807) is 0 Å². The van der Waals surface area contributed by atoms with Gasteiger partial charge in [0.2, 0.25) is 0 Å². The van der Waals surface area contributed by atoms with Crippen LogP contribution in [0.25, 0.3) is 0 Å². The van der Waals surface area contributed by atoms with E-state index in [2.05, 4.69) is 13.8 Å². The highest BCUT2D eigenvalue weighted by molar-refractivity contribution is 5.69. The van der Waals surface area contributed by atoms with Crippen LogP contribution in [0.1, 0.15) is 188 Å². The fourth-order valence-corrected chi connectivity index (χ4v) is 6.07. The summed E-state index contributed by atoms with van der Waals surface area (Å²) in [5, 5.41) is 0. The zero-order valence-corrected chi connectivity index (χ0v) is 36.2. The molecule has 0 aliphatic rings. The second-order valence-corrected chi connectivity index (χ2v) is 14.8. The lowest BCUT2D eigenvalue weighted by Crippen LogP contribution is -2.27. The van der Waals surface area contributed by atoms with Crippen LogP contribution in [0.4, 0.5) is 0 Å². The van der Waals surface area contributed by atoms with E-state index in [-0.39, 0.29) is 18.0 Å². The van der Waals surface area contributed by atoms with Gasteiger partial charge in [0.25, 0.3) is 0 Å². The van der Waals surface area contributed by atoms with Crippen molar-refractivity contribution < 1.29 is 47.5 Å². The van der Waals surface area contributed by atoms with Gasteiger partial charge >= 0.3 is 11.9 Å². The number of carbonyl (C=O) groups is 2. The van der Waals surface area contributed by atoms with E-state index in [9.17, 15) is 9.59 Å². The van der Waals surface area contributed by atoms with Gasteiger partial charge in [-0.1, -0.05) is 129 Å². The van der Waals surface area contributed by atoms with Crippen molar-refractivity contribution in [3.8, 4) is 0 Å². The van der Waals surface area contributed by atoms with E-state index < -0.39 is 0 Å². The molecular weight excluding hydrogens is 700 g/mol. The molecule has 0 fully saturated rings. The Bertz CT molecular complexity index is 768. The molecule has 0 heterocycles. The average Bonchev–Trinajstić information content (AvgIpc) is 3.18. The molecule has 0 saturated heterocycles. The largest absolute Gasteiger partial charge is 0.466 e. The van der Waals surface area contributed by atoms with Crippen LogP contribution in [0.2, 0.25) is 0 Å². The summed E-state index contributed by atoms with van der Waals surface area (Å²) in [5.41, 5.74) is 0. The van der Waals surface area contributed by atoms with Crippen LogP contribution in [0.15, 0.2) is 0 Å². The number of hydrogen-bond acceptors (Lipinski definition) is 10. The molecule has 0 bridgehead atoms. The lowest BCUT2D eigenvalue weighted by atomic mass is 10.1. The van der Waals surface area contributed by atoms with E-state index in [1.165, 1.54) is 64.2 Å². The number of ether oxygens (including phenoxy) is 8. The van der Waals surface area contributed by atoms with Crippen LogP contribution in [-0.4, -0.2) is 104 Å². The molecule has 0 aromatic carbocycles. The van der Waals surface area contributed by atoms with Gasteiger partial charge in [-0.25, -0.2) is 0 Å². The Kier molecular flexibility index (Phi) is 46.0. The SMILES string of the molecule is CCCCCCCCCOC(=O)CCCCCCCOCC(COCCOCCOCCOCC)OCCCCCCCC(=O)OCCCCCCCCC. The Balaban J connectivity index is 4.03. The molecule has 10 nitrogen and oxygen atoms in total. The maximum absolute atomic E-state index is 12.0. The first-order chi connectivity index (χ1) is 27.1. The van der Waals surface area contributed by atoms with Crippen LogP contribution in [0, 0.1) is 0 Å². The molecule has 0 N–H and O–H groups in total. The average molecular weight is 789 g/mol. The quantitative estimate of drug-likeness (QED) is 0.0437. The van der Waals surface area contributed by atoms with Crippen molar-refractivity contribution in [3.05, 3.63) is 0 Å². The van der Waals surface area contributed by atoms with Crippen molar-refractivity contribution in [1.82, 2.24) is 0 Å². The molecule has 328 valence electrons. The van der Waals surface area contributed by atoms with Crippen LogP contribution >= 0.6 is 0 Å². The summed E-state index contributed by atoms with van der Waals surface area (Å²) in [4.78, 5) is 24.0. The summed E-state index contributed by atoms with van der Waals surface area (Å²) < 4.78 is 45.2. The molecule has 0 saturated carbocycles. The second-order valence-electron chi connectivity index (χ2n) is 14.8. The Hall–Kier alpha value is -1.30. The Morgan fingerprint density at radius 3 is 1.15 bits per heavy atom. The summed E-state index contributed by atoms with van der Waals surface area (Å²) in [5.74, 6) is -0.109. The summed E-state index contributed by atoms with van der Waals surface area (Å²) >= 11 is 0. The minimum Gasteiger partial charge on any atom is -0.466 e. The molecule has 0 radical (unpaired) electrons. The molecule has 0 aromatic heterocycles. The number of hydrogen-bond donors (Lipinski definition) is 0. The van der Waals surface area contributed by atoms with Gasteiger partial charge in [0, 0.05) is 32.7 Å². The molecule has 1 atom stereocenters. The zero-order chi connectivity index (χ0) is 40.0. The third-order valence-corrected chi connectivity index (χ3v) is 9.50. The highest BCUT2D eigenvalue weighted by Crippen LogP contribution is 2.11. The maximum atomic E-state index is 12.0. The Morgan fingerprint density at radius 1 is 0.345 bits per heavy atom. The van der Waals surface area contributed by atoms with Gasteiger partial charge < -0.3 is 37.9 Å². The van der Waals surface area contributed by atoms with Crippen molar-refractivity contribution >= 4 is 11.9 Å². The van der Waals surface area contributed by atoms with E-state index in [0.717, 1.165) is 89.9 Å². The fraction of sp³-hybridized carbons (Fsp3) is 0.956. The van der Waals surface area contributed by atoms with Crippen molar-refractivity contribution in [3.63, 3.8) is 0 Å². The van der Waals surface area contributed by atoms with Gasteiger partial charge in [-0.15, -0.1) is 0 Å². The Morgan fingerprint density at radius 2 is 0.691 bits per heavy atom. The molecule has 0 aromatic rings. The van der Waals surface area contributed by atoms with Gasteiger partial charge in [0.1, 0.15) is 6.10 Å². The van der Waals surface area contributed by atoms with E-state index >= 15 is 0 Å². The first-order valence-corrected chi connectivity index (χ1v) is 22.9. The molecule has 0 aliphatic heterocycles. The number of rotatable bonds is 47. The minimum atomic E-state index is -0.125. The number of esters is 2. The highest BCUT2D eigenvalue weighted by Gasteiger charge is 2.11. The number of unbranched alkanes of at least 4 members (excludes halogenated alkanes) is 20. The van der Waals surface area contributed by atoms with Gasteiger partial charge in [0.05, 0.1) is 66.1 Å². The lowest BCUT2D eigenvalue weighted by molar-refractivity contribution is -0.144. The fourth-order valence-electron chi connectivity index (χ4n) is 6.07. The molecule has 55 heavy (non-hydrogen) atoms. The normalized spacial score (nSPS) is 12.0. The van der Waals surface area contributed by atoms with Crippen molar-refractivity contribution in [1.29, 1.82) is 0 Å². The van der Waals surface area contributed by atoms with Crippen LogP contribution < -0.4 is 0 Å². The van der Waals surface area contributed by atoms with Crippen molar-refractivity contribution in [2.24, 2.45) is 0 Å². The van der Waals surface area contributed by atoms with Crippen LogP contribution in [0.3, 0.4) is 0 Å². The second kappa shape index (κ2) is 47.1. The highest BCUT2D eigenvalue weighted by atomic mass is 16.6. The predicted octanol–water partition coefficient (Wildman–Crippen LogP) is 10.7. The van der Waals surface area contributed by atoms with Gasteiger partial charge in [-0.2, -0.15) is 0 Å². The zero-order valence-electron chi connectivity index (χ0n) is 36.2. The molecular formula is C45H88O10. The first kappa shape index (κ1) is 53.7. The summed E-state index contributed by atoms with van der Waals surface area (Å²) in [6.45, 7) is 13.8. The monoisotopic (exact) mass is 789 g/mol. The Labute approximate surface area is 338 Å². The molecule has 0 spiro atoms. The number of carbonyl (C=O) groups excluding carboxylic acids is 2. The van der Waals surface area contributed by atoms with Crippen LogP contribution in [0.5, 0.6) is 0 Å². The third kappa shape index (κ3) is 45.3. The molecule has 0 aliphatic carbocycles. The topological polar surface area (TPSA) is 108 Å². The van der Waals surface area contributed by atoms with Crippen molar-refractivity contribution in [2.45, 2.75) is 194 Å². The third-order valence-electron chi connectivity index (χ3n) is 9.50. The van der Waals surface area contributed by atoms with Crippen LogP contribution in [-0.2, 0) is 47.5 Å². The molecule has 0 amide bonds. The minimum absolute atomic E-state index is 0.0531. The standard InChI is InChI=1S/C45H88O10/c1-4-7-9-11-13-20-27-33-54-44(46)29-23-17-15-19-25-31-51-41-43(42-52-40-39-50-38-37-49-36-35-48-6-3)53-32-26-22-16-18-24-30-45(47)55-34-28-21-14-12-10-8-5-2/h43H,4-42H2,1-3H3. The van der Waals surface area contributed by atoms with E-state index in [0.29, 0.717) is 98.7 Å². The van der Waals surface area contributed by atoms with Crippen molar-refractivity contribution in [2.75, 3.05) is 85.9 Å².